The summed E-state index contributed by atoms with van der Waals surface area (Å²) in [5.41, 5.74) is 0. The number of unbranched alkanes of at least 4 members (excludes halogenated alkanes) is 37. The molecule has 0 rings (SSSR count). The summed E-state index contributed by atoms with van der Waals surface area (Å²) in [6, 6.07) is -0.543. The Morgan fingerprint density at radius 2 is 0.783 bits per heavy atom. The van der Waals surface area contributed by atoms with Crippen LogP contribution in [0.4, 0.5) is 0 Å². The van der Waals surface area contributed by atoms with Crippen molar-refractivity contribution in [3.63, 3.8) is 0 Å². The number of rotatable bonds is 50. The van der Waals surface area contributed by atoms with Gasteiger partial charge in [-0.25, -0.2) is 0 Å². The number of esters is 1. The lowest BCUT2D eigenvalue weighted by Crippen LogP contribution is -2.45. The molecule has 0 aromatic rings. The molecule has 60 heavy (non-hydrogen) atoms. The highest BCUT2D eigenvalue weighted by molar-refractivity contribution is 5.76. The van der Waals surface area contributed by atoms with Gasteiger partial charge in [-0.3, -0.25) is 9.59 Å². The van der Waals surface area contributed by atoms with Gasteiger partial charge in [-0.2, -0.15) is 0 Å². The lowest BCUT2D eigenvalue weighted by atomic mass is 10.0. The molecule has 0 bridgehead atoms. The third-order valence-electron chi connectivity index (χ3n) is 12.6. The average molecular weight is 848 g/mol. The van der Waals surface area contributed by atoms with Crippen LogP contribution in [-0.4, -0.2) is 47.4 Å². The summed E-state index contributed by atoms with van der Waals surface area (Å²) in [6.45, 7) is 4.93. The van der Waals surface area contributed by atoms with Crippen LogP contribution < -0.4 is 5.32 Å². The van der Waals surface area contributed by atoms with Crippen molar-refractivity contribution in [1.82, 2.24) is 5.32 Å². The molecule has 3 N–H and O–H groups in total. The van der Waals surface area contributed by atoms with E-state index < -0.39 is 12.1 Å². The summed E-state index contributed by atoms with van der Waals surface area (Å²) in [5.74, 6) is -0.0335. The third kappa shape index (κ3) is 46.1. The first-order valence-corrected chi connectivity index (χ1v) is 26.9. The quantitative estimate of drug-likeness (QED) is 0.0322. The predicted octanol–water partition coefficient (Wildman–Crippen LogP) is 16.1. The average Bonchev–Trinajstić information content (AvgIpc) is 3.25. The minimum Gasteiger partial charge on any atom is -0.466 e. The maximum absolute atomic E-state index is 12.4. The number of carbonyl (C=O) groups is 2. The van der Waals surface area contributed by atoms with Gasteiger partial charge in [-0.15, -0.1) is 0 Å². The van der Waals surface area contributed by atoms with Crippen molar-refractivity contribution < 1.29 is 24.5 Å². The van der Waals surface area contributed by atoms with Crippen molar-refractivity contribution in [2.75, 3.05) is 13.2 Å². The molecule has 0 aliphatic heterocycles. The van der Waals surface area contributed by atoms with Gasteiger partial charge in [0.05, 0.1) is 25.4 Å². The number of aliphatic hydroxyl groups is 2. The highest BCUT2D eigenvalue weighted by Crippen LogP contribution is 2.16. The zero-order chi connectivity index (χ0) is 43.7. The normalized spacial score (nSPS) is 12.7. The van der Waals surface area contributed by atoms with Crippen LogP contribution in [0.1, 0.15) is 296 Å². The standard InChI is InChI=1S/C54H105NO5/c1-3-5-7-9-11-13-27-32-36-40-44-48-54(59)60-49-45-41-37-33-29-26-24-22-20-18-16-15-17-19-21-23-25-28-31-35-39-43-47-53(58)55-51(50-56)52(57)46-42-38-34-30-14-12-10-8-6-4-2/h17,19,51-52,56-57H,3-16,18,20-50H2,1-2H3,(H,55,58)/b19-17-. The van der Waals surface area contributed by atoms with Gasteiger partial charge in [0.1, 0.15) is 0 Å². The number of nitrogens with one attached hydrogen (secondary N) is 1. The van der Waals surface area contributed by atoms with Crippen LogP contribution in [0.25, 0.3) is 0 Å². The first-order chi connectivity index (χ1) is 29.5. The van der Waals surface area contributed by atoms with E-state index in [1.807, 2.05) is 0 Å². The van der Waals surface area contributed by atoms with Gasteiger partial charge in [0, 0.05) is 12.8 Å². The van der Waals surface area contributed by atoms with Crippen molar-refractivity contribution in [2.45, 2.75) is 309 Å². The van der Waals surface area contributed by atoms with Crippen molar-refractivity contribution in [2.24, 2.45) is 0 Å². The molecule has 356 valence electrons. The highest BCUT2D eigenvalue weighted by Gasteiger charge is 2.20. The summed E-state index contributed by atoms with van der Waals surface area (Å²) >= 11 is 0. The zero-order valence-corrected chi connectivity index (χ0v) is 40.5. The van der Waals surface area contributed by atoms with Crippen LogP contribution in [-0.2, 0) is 14.3 Å². The lowest BCUT2D eigenvalue weighted by molar-refractivity contribution is -0.143. The van der Waals surface area contributed by atoms with Crippen molar-refractivity contribution >= 4 is 11.9 Å². The number of hydrogen-bond donors (Lipinski definition) is 3. The summed E-state index contributed by atoms with van der Waals surface area (Å²) in [4.78, 5) is 24.4. The monoisotopic (exact) mass is 848 g/mol. The van der Waals surface area contributed by atoms with Gasteiger partial charge in [-0.1, -0.05) is 244 Å². The molecule has 2 unspecified atom stereocenters. The maximum atomic E-state index is 12.4. The number of allylic oxidation sites excluding steroid dienone is 2. The highest BCUT2D eigenvalue weighted by atomic mass is 16.5. The third-order valence-corrected chi connectivity index (χ3v) is 12.6. The molecule has 0 spiro atoms. The fourth-order valence-corrected chi connectivity index (χ4v) is 8.40. The fraction of sp³-hybridized carbons (Fsp3) is 0.926. The van der Waals surface area contributed by atoms with E-state index in [-0.39, 0.29) is 18.5 Å². The van der Waals surface area contributed by atoms with Gasteiger partial charge < -0.3 is 20.3 Å². The summed E-state index contributed by atoms with van der Waals surface area (Å²) < 4.78 is 5.46. The summed E-state index contributed by atoms with van der Waals surface area (Å²) in [7, 11) is 0. The smallest absolute Gasteiger partial charge is 0.305 e. The first kappa shape index (κ1) is 58.6. The van der Waals surface area contributed by atoms with Gasteiger partial charge in [0.15, 0.2) is 0 Å². The fourth-order valence-electron chi connectivity index (χ4n) is 8.40. The Morgan fingerprint density at radius 1 is 0.450 bits per heavy atom. The molecule has 6 nitrogen and oxygen atoms in total. The second-order valence-electron chi connectivity index (χ2n) is 18.6. The summed E-state index contributed by atoms with van der Waals surface area (Å²) in [5, 5.41) is 23.1. The summed E-state index contributed by atoms with van der Waals surface area (Å²) in [6.07, 6.45) is 57.7. The Hall–Kier alpha value is -1.40. The van der Waals surface area contributed by atoms with E-state index in [2.05, 4.69) is 31.3 Å². The van der Waals surface area contributed by atoms with E-state index in [4.69, 9.17) is 4.74 Å². The Labute approximate surface area is 374 Å². The van der Waals surface area contributed by atoms with Gasteiger partial charge in [0.2, 0.25) is 5.91 Å². The molecule has 0 heterocycles. The molecule has 2 atom stereocenters. The Morgan fingerprint density at radius 3 is 1.18 bits per heavy atom. The molecule has 0 saturated heterocycles. The van der Waals surface area contributed by atoms with Crippen LogP contribution in [0.15, 0.2) is 12.2 Å². The van der Waals surface area contributed by atoms with E-state index in [0.717, 1.165) is 38.5 Å². The molecule has 1 amide bonds. The van der Waals surface area contributed by atoms with Gasteiger partial charge in [0.25, 0.3) is 0 Å². The van der Waals surface area contributed by atoms with E-state index in [9.17, 15) is 19.8 Å². The molecule has 0 aliphatic rings. The lowest BCUT2D eigenvalue weighted by Gasteiger charge is -2.22. The minimum absolute atomic E-state index is 0.00963. The number of amides is 1. The molecule has 0 aromatic carbocycles. The molecule has 0 radical (unpaired) electrons. The van der Waals surface area contributed by atoms with E-state index in [0.29, 0.717) is 25.9 Å². The van der Waals surface area contributed by atoms with Crippen molar-refractivity contribution in [3.8, 4) is 0 Å². The zero-order valence-electron chi connectivity index (χ0n) is 40.5. The SMILES string of the molecule is CCCCCCCCCCCCCC(=O)OCCCCCCCCCCCCC/C=C\CCCCCCCCCC(=O)NC(CO)C(O)CCCCCCCCCCCC. The number of hydrogen-bond acceptors (Lipinski definition) is 5. The predicted molar refractivity (Wildman–Crippen MR) is 260 cm³/mol. The van der Waals surface area contributed by atoms with Crippen molar-refractivity contribution in [1.29, 1.82) is 0 Å². The van der Waals surface area contributed by atoms with Crippen molar-refractivity contribution in [3.05, 3.63) is 12.2 Å². The molecular weight excluding hydrogens is 743 g/mol. The van der Waals surface area contributed by atoms with E-state index in [1.165, 1.54) is 225 Å². The number of aliphatic hydroxyl groups excluding tert-OH is 2. The van der Waals surface area contributed by atoms with Crippen LogP contribution in [0.3, 0.4) is 0 Å². The maximum Gasteiger partial charge on any atom is 0.305 e. The van der Waals surface area contributed by atoms with Crippen LogP contribution >= 0.6 is 0 Å². The topological polar surface area (TPSA) is 95.9 Å². The van der Waals surface area contributed by atoms with Crippen LogP contribution in [0, 0.1) is 0 Å². The largest absolute Gasteiger partial charge is 0.466 e. The van der Waals surface area contributed by atoms with E-state index in [1.54, 1.807) is 0 Å². The first-order valence-electron chi connectivity index (χ1n) is 26.9. The van der Waals surface area contributed by atoms with Gasteiger partial charge in [-0.05, 0) is 51.4 Å². The Kier molecular flexibility index (Phi) is 49.1. The van der Waals surface area contributed by atoms with Crippen LogP contribution in [0.5, 0.6) is 0 Å². The molecule has 0 fully saturated rings. The molecule has 0 aliphatic carbocycles. The molecule has 6 heteroatoms. The molecule has 0 saturated carbocycles. The molecular formula is C54H105NO5. The van der Waals surface area contributed by atoms with Crippen LogP contribution in [0.2, 0.25) is 0 Å². The minimum atomic E-state index is -0.665. The second kappa shape index (κ2) is 50.2. The van der Waals surface area contributed by atoms with E-state index >= 15 is 0 Å². The number of ether oxygens (including phenoxy) is 1. The number of carbonyl (C=O) groups excluding carboxylic acids is 2. The molecule has 0 aromatic heterocycles. The second-order valence-corrected chi connectivity index (χ2v) is 18.6. The Balaban J connectivity index is 3.39. The Bertz CT molecular complexity index is 893. The van der Waals surface area contributed by atoms with Gasteiger partial charge >= 0.3 is 5.97 Å².